The minimum Gasteiger partial charge on any atom is -0.497 e. The van der Waals surface area contributed by atoms with Gasteiger partial charge in [0.1, 0.15) is 11.6 Å². The Labute approximate surface area is 148 Å². The molecule has 3 heterocycles. The van der Waals surface area contributed by atoms with Crippen molar-refractivity contribution >= 4 is 5.91 Å². The number of benzene rings is 1. The summed E-state index contributed by atoms with van der Waals surface area (Å²) in [6, 6.07) is 8.43. The van der Waals surface area contributed by atoms with Crippen LogP contribution in [0.15, 0.2) is 36.7 Å². The monoisotopic (exact) mass is 340 g/mol. The number of nitrogens with zero attached hydrogens (tertiary/aromatic N) is 4. The second-order valence-corrected chi connectivity index (χ2v) is 6.97. The number of hydrogen-bond donors (Lipinski definition) is 0. The van der Waals surface area contributed by atoms with Gasteiger partial charge in [0.05, 0.1) is 13.7 Å². The molecule has 1 aromatic heterocycles. The highest BCUT2D eigenvalue weighted by molar-refractivity contribution is 5.79. The maximum absolute atomic E-state index is 11.9. The second kappa shape index (κ2) is 6.52. The second-order valence-electron chi connectivity index (χ2n) is 6.97. The van der Waals surface area contributed by atoms with E-state index in [1.807, 2.05) is 48.6 Å². The van der Waals surface area contributed by atoms with E-state index in [1.165, 1.54) is 0 Å². The van der Waals surface area contributed by atoms with Crippen molar-refractivity contribution in [2.45, 2.75) is 25.4 Å². The number of hydrogen-bond acceptors (Lipinski definition) is 4. The Morgan fingerprint density at radius 2 is 2.08 bits per heavy atom. The average molecular weight is 340 g/mol. The van der Waals surface area contributed by atoms with E-state index >= 15 is 0 Å². The first-order chi connectivity index (χ1) is 12.2. The summed E-state index contributed by atoms with van der Waals surface area (Å²) in [6.45, 7) is 2.78. The summed E-state index contributed by atoms with van der Waals surface area (Å²) in [4.78, 5) is 20.9. The topological polar surface area (TPSA) is 50.6 Å². The quantitative estimate of drug-likeness (QED) is 0.853. The lowest BCUT2D eigenvalue weighted by molar-refractivity contribution is -0.127. The summed E-state index contributed by atoms with van der Waals surface area (Å²) < 4.78 is 7.35. The molecule has 0 radical (unpaired) electrons. The van der Waals surface area contributed by atoms with Crippen molar-refractivity contribution in [3.05, 3.63) is 42.5 Å². The fourth-order valence-corrected chi connectivity index (χ4v) is 4.13. The summed E-state index contributed by atoms with van der Waals surface area (Å²) in [5.74, 6) is 2.62. The van der Waals surface area contributed by atoms with Crippen molar-refractivity contribution in [1.82, 2.24) is 19.4 Å². The third-order valence-corrected chi connectivity index (χ3v) is 5.54. The van der Waals surface area contributed by atoms with E-state index < -0.39 is 0 Å². The Morgan fingerprint density at radius 3 is 2.84 bits per heavy atom. The lowest BCUT2D eigenvalue weighted by Gasteiger charge is -2.36. The van der Waals surface area contributed by atoms with Crippen LogP contribution in [-0.2, 0) is 11.3 Å². The van der Waals surface area contributed by atoms with E-state index in [9.17, 15) is 4.79 Å². The molecule has 0 bridgehead atoms. The summed E-state index contributed by atoms with van der Waals surface area (Å²) >= 11 is 0. The maximum atomic E-state index is 11.9. The highest BCUT2D eigenvalue weighted by Crippen LogP contribution is 2.31. The third-order valence-electron chi connectivity index (χ3n) is 5.54. The van der Waals surface area contributed by atoms with Crippen LogP contribution in [0.2, 0.25) is 0 Å². The van der Waals surface area contributed by atoms with Crippen molar-refractivity contribution in [1.29, 1.82) is 0 Å². The van der Waals surface area contributed by atoms with Gasteiger partial charge < -0.3 is 14.2 Å². The molecule has 1 aromatic carbocycles. The van der Waals surface area contributed by atoms with Gasteiger partial charge in [-0.2, -0.15) is 0 Å². The van der Waals surface area contributed by atoms with Crippen LogP contribution in [0.4, 0.5) is 0 Å². The van der Waals surface area contributed by atoms with Gasteiger partial charge in [-0.05, 0) is 30.7 Å². The maximum Gasteiger partial charge on any atom is 0.222 e. The van der Waals surface area contributed by atoms with Crippen LogP contribution in [0.5, 0.6) is 5.75 Å². The number of carbonyl (C=O) groups excluding carboxylic acids is 1. The molecule has 132 valence electrons. The Hall–Kier alpha value is -2.34. The zero-order valence-electron chi connectivity index (χ0n) is 14.8. The molecule has 0 unspecified atom stereocenters. The Balaban J connectivity index is 1.47. The molecule has 6 heteroatoms. The van der Waals surface area contributed by atoms with Crippen LogP contribution >= 0.6 is 0 Å². The number of imidazole rings is 1. The average Bonchev–Trinajstić information content (AvgIpc) is 3.20. The van der Waals surface area contributed by atoms with Crippen LogP contribution in [-0.4, -0.2) is 58.5 Å². The van der Waals surface area contributed by atoms with E-state index in [4.69, 9.17) is 4.74 Å². The fourth-order valence-electron chi connectivity index (χ4n) is 4.13. The largest absolute Gasteiger partial charge is 0.497 e. The number of rotatable bonds is 4. The van der Waals surface area contributed by atoms with Gasteiger partial charge in [0, 0.05) is 56.6 Å². The van der Waals surface area contributed by atoms with E-state index in [1.54, 1.807) is 7.11 Å². The number of carbonyl (C=O) groups is 1. The van der Waals surface area contributed by atoms with Gasteiger partial charge in [-0.3, -0.25) is 9.69 Å². The molecule has 2 atom stereocenters. The summed E-state index contributed by atoms with van der Waals surface area (Å²) in [7, 11) is 3.62. The first-order valence-electron chi connectivity index (χ1n) is 8.80. The number of aromatic nitrogens is 2. The van der Waals surface area contributed by atoms with Crippen LogP contribution in [0, 0.1) is 5.92 Å². The van der Waals surface area contributed by atoms with Crippen molar-refractivity contribution in [3.8, 4) is 11.4 Å². The van der Waals surface area contributed by atoms with Crippen LogP contribution in [0.25, 0.3) is 5.69 Å². The zero-order chi connectivity index (χ0) is 17.4. The molecule has 2 fully saturated rings. The van der Waals surface area contributed by atoms with Gasteiger partial charge in [0.25, 0.3) is 0 Å². The highest BCUT2D eigenvalue weighted by Gasteiger charge is 2.40. The number of ether oxygens (including phenoxy) is 1. The minimum atomic E-state index is 0.289. The first-order valence-corrected chi connectivity index (χ1v) is 8.80. The summed E-state index contributed by atoms with van der Waals surface area (Å²) in [6.07, 6.45) is 5.58. The Morgan fingerprint density at radius 1 is 1.28 bits per heavy atom. The van der Waals surface area contributed by atoms with Gasteiger partial charge in [-0.15, -0.1) is 0 Å². The van der Waals surface area contributed by atoms with E-state index in [0.29, 0.717) is 18.4 Å². The first kappa shape index (κ1) is 16.1. The summed E-state index contributed by atoms with van der Waals surface area (Å²) in [5.41, 5.74) is 1.08. The minimum absolute atomic E-state index is 0.289. The molecular weight excluding hydrogens is 316 g/mol. The lowest BCUT2D eigenvalue weighted by atomic mass is 9.93. The predicted octanol–water partition coefficient (Wildman–Crippen LogP) is 1.93. The van der Waals surface area contributed by atoms with Crippen molar-refractivity contribution in [3.63, 3.8) is 0 Å². The van der Waals surface area contributed by atoms with Crippen LogP contribution < -0.4 is 4.74 Å². The molecule has 2 aliphatic heterocycles. The smallest absolute Gasteiger partial charge is 0.222 e. The third kappa shape index (κ3) is 3.02. The molecule has 2 aromatic rings. The molecule has 2 aliphatic rings. The fraction of sp³-hybridized carbons (Fsp3) is 0.474. The number of fused-ring (bicyclic) bond motifs is 1. The molecular formula is C19H24N4O2. The van der Waals surface area contributed by atoms with Gasteiger partial charge in [-0.1, -0.05) is 0 Å². The molecule has 0 N–H and O–H groups in total. The zero-order valence-corrected chi connectivity index (χ0v) is 14.8. The molecule has 4 rings (SSSR count). The summed E-state index contributed by atoms with van der Waals surface area (Å²) in [5, 5.41) is 0. The van der Waals surface area contributed by atoms with E-state index in [2.05, 4.69) is 14.5 Å². The SMILES string of the molecule is COc1ccc(-n2ccnc2CN2CC[C@H]3[C@H](CC(=O)N3C)C2)cc1. The molecule has 0 spiro atoms. The van der Waals surface area contributed by atoms with Crippen LogP contribution in [0.3, 0.4) is 0 Å². The van der Waals surface area contributed by atoms with Crippen molar-refractivity contribution in [2.75, 3.05) is 27.2 Å². The molecule has 25 heavy (non-hydrogen) atoms. The van der Waals surface area contributed by atoms with Gasteiger partial charge >= 0.3 is 0 Å². The molecule has 2 saturated heterocycles. The Bertz CT molecular complexity index is 755. The molecule has 0 aliphatic carbocycles. The van der Waals surface area contributed by atoms with Crippen molar-refractivity contribution < 1.29 is 9.53 Å². The number of methoxy groups -OCH3 is 1. The predicted molar refractivity (Wildman–Crippen MR) is 94.7 cm³/mol. The number of likely N-dealkylation sites (tertiary alicyclic amines) is 2. The molecule has 0 saturated carbocycles. The Kier molecular flexibility index (Phi) is 4.21. The van der Waals surface area contributed by atoms with Gasteiger partial charge in [0.2, 0.25) is 5.91 Å². The molecule has 6 nitrogen and oxygen atoms in total. The van der Waals surface area contributed by atoms with Gasteiger partial charge in [-0.25, -0.2) is 4.98 Å². The highest BCUT2D eigenvalue weighted by atomic mass is 16.5. The van der Waals surface area contributed by atoms with E-state index in [0.717, 1.165) is 43.3 Å². The number of piperidine rings is 1. The number of amides is 1. The van der Waals surface area contributed by atoms with Crippen LogP contribution in [0.1, 0.15) is 18.7 Å². The normalized spacial score (nSPS) is 23.8. The van der Waals surface area contributed by atoms with E-state index in [-0.39, 0.29) is 5.91 Å². The van der Waals surface area contributed by atoms with Gasteiger partial charge in [0.15, 0.2) is 0 Å². The molecule has 1 amide bonds. The lowest BCUT2D eigenvalue weighted by Crippen LogP contribution is -2.45. The standard InChI is InChI=1S/C19H24N4O2/c1-21-17-7-9-22(12-14(17)11-19(21)24)13-18-20-8-10-23(18)15-3-5-16(25-2)6-4-15/h3-6,8,10,14,17H,7,9,11-13H2,1-2H3/t14-,17+/m1/s1. The van der Waals surface area contributed by atoms with Crippen molar-refractivity contribution in [2.24, 2.45) is 5.92 Å².